The molecule has 4 bridgehead atoms. The number of aryl methyl sites for hydroxylation is 1. The highest BCUT2D eigenvalue weighted by molar-refractivity contribution is 5.62. The lowest BCUT2D eigenvalue weighted by molar-refractivity contribution is 0.0275. The minimum absolute atomic E-state index is 0.230. The molecule has 1 saturated heterocycles. The highest BCUT2D eigenvalue weighted by Gasteiger charge is 2.43. The number of hydrogen-bond acceptors (Lipinski definition) is 4. The third kappa shape index (κ3) is 2.22. The van der Waals surface area contributed by atoms with Crippen molar-refractivity contribution >= 4 is 0 Å². The van der Waals surface area contributed by atoms with Crippen molar-refractivity contribution in [1.82, 2.24) is 19.7 Å². The molecule has 0 N–H and O–H groups in total. The molecule has 23 heavy (non-hydrogen) atoms. The molecule has 2 unspecified atom stereocenters. The van der Waals surface area contributed by atoms with E-state index in [1.807, 2.05) is 31.8 Å². The molecule has 2 aromatic rings. The number of pyridine rings is 1. The number of hydrogen-bond donors (Lipinski definition) is 0. The molecule has 0 amide bonds. The van der Waals surface area contributed by atoms with Crippen LogP contribution in [0.25, 0.3) is 11.1 Å². The molecular formula is C18H20N4O. The number of ether oxygens (including phenoxy) is 1. The van der Waals surface area contributed by atoms with Gasteiger partial charge < -0.3 is 9.64 Å². The van der Waals surface area contributed by atoms with Crippen LogP contribution >= 0.6 is 0 Å². The Morgan fingerprint density at radius 1 is 1.17 bits per heavy atom. The Bertz CT molecular complexity index is 781. The van der Waals surface area contributed by atoms with Crippen molar-refractivity contribution in [2.45, 2.75) is 18.9 Å². The van der Waals surface area contributed by atoms with Crippen LogP contribution in [-0.2, 0) is 7.05 Å². The highest BCUT2D eigenvalue weighted by atomic mass is 16.5. The van der Waals surface area contributed by atoms with Gasteiger partial charge in [-0.25, -0.2) is 0 Å². The first kappa shape index (κ1) is 13.2. The van der Waals surface area contributed by atoms with E-state index in [1.165, 1.54) is 25.0 Å². The number of nitrogens with zero attached hydrogens (tertiary/aromatic N) is 4. The maximum absolute atomic E-state index is 6.38. The summed E-state index contributed by atoms with van der Waals surface area (Å²) in [6.07, 6.45) is 12.6. The average molecular weight is 308 g/mol. The quantitative estimate of drug-likeness (QED) is 0.873. The monoisotopic (exact) mass is 308 g/mol. The molecule has 6 rings (SSSR count). The lowest BCUT2D eigenvalue weighted by Crippen LogP contribution is -2.53. The average Bonchev–Trinajstić information content (AvgIpc) is 2.97. The molecule has 2 fully saturated rings. The van der Waals surface area contributed by atoms with Crippen LogP contribution in [0, 0.1) is 11.8 Å². The first-order valence-electron chi connectivity index (χ1n) is 8.30. The molecule has 118 valence electrons. The second-order valence-corrected chi connectivity index (χ2v) is 7.07. The van der Waals surface area contributed by atoms with Crippen molar-refractivity contribution in [3.63, 3.8) is 0 Å². The van der Waals surface area contributed by atoms with E-state index in [2.05, 4.69) is 27.2 Å². The Labute approximate surface area is 135 Å². The molecule has 1 aliphatic carbocycles. The molecule has 0 spiro atoms. The summed E-state index contributed by atoms with van der Waals surface area (Å²) in [5.41, 5.74) is 3.59. The fraction of sp³-hybridized carbons (Fsp3) is 0.444. The van der Waals surface area contributed by atoms with Gasteiger partial charge in [0.1, 0.15) is 11.9 Å². The van der Waals surface area contributed by atoms with Gasteiger partial charge in [0.05, 0.1) is 12.4 Å². The van der Waals surface area contributed by atoms with E-state index >= 15 is 0 Å². The Balaban J connectivity index is 1.42. The number of rotatable bonds is 3. The Morgan fingerprint density at radius 2 is 2.13 bits per heavy atom. The van der Waals surface area contributed by atoms with Gasteiger partial charge in [0.2, 0.25) is 0 Å². The summed E-state index contributed by atoms with van der Waals surface area (Å²) in [4.78, 5) is 6.84. The topological polar surface area (TPSA) is 43.2 Å². The zero-order valence-electron chi connectivity index (χ0n) is 13.2. The van der Waals surface area contributed by atoms with Crippen LogP contribution in [0.1, 0.15) is 12.8 Å². The molecule has 0 aromatic carbocycles. The fourth-order valence-corrected chi connectivity index (χ4v) is 4.40. The zero-order chi connectivity index (χ0) is 15.4. The lowest BCUT2D eigenvalue weighted by atomic mass is 9.71. The summed E-state index contributed by atoms with van der Waals surface area (Å²) < 4.78 is 8.18. The van der Waals surface area contributed by atoms with E-state index in [-0.39, 0.29) is 6.10 Å². The Morgan fingerprint density at radius 3 is 2.91 bits per heavy atom. The van der Waals surface area contributed by atoms with E-state index in [0.717, 1.165) is 29.3 Å². The zero-order valence-corrected chi connectivity index (χ0v) is 13.2. The summed E-state index contributed by atoms with van der Waals surface area (Å²) in [5.74, 6) is 2.33. The molecule has 2 aromatic heterocycles. The van der Waals surface area contributed by atoms with Crippen LogP contribution in [0.2, 0.25) is 0 Å². The predicted molar refractivity (Wildman–Crippen MR) is 86.7 cm³/mol. The van der Waals surface area contributed by atoms with Gasteiger partial charge in [-0.05, 0) is 30.4 Å². The van der Waals surface area contributed by atoms with Crippen LogP contribution in [0.5, 0.6) is 5.75 Å². The number of piperidine rings is 1. The van der Waals surface area contributed by atoms with Gasteiger partial charge in [-0.15, -0.1) is 0 Å². The minimum Gasteiger partial charge on any atom is -0.484 e. The molecule has 3 atom stereocenters. The third-order valence-corrected chi connectivity index (χ3v) is 5.28. The van der Waals surface area contributed by atoms with Gasteiger partial charge >= 0.3 is 0 Å². The van der Waals surface area contributed by atoms with Gasteiger partial charge in [-0.2, -0.15) is 5.10 Å². The second-order valence-electron chi connectivity index (χ2n) is 7.07. The van der Waals surface area contributed by atoms with E-state index in [0.29, 0.717) is 5.92 Å². The molecule has 4 aliphatic rings. The molecule has 5 heterocycles. The van der Waals surface area contributed by atoms with Crippen molar-refractivity contribution < 1.29 is 4.74 Å². The molecule has 5 nitrogen and oxygen atoms in total. The van der Waals surface area contributed by atoms with Crippen LogP contribution in [0.3, 0.4) is 0 Å². The SMILES string of the molecule is Cn1cc(-c2cncc(O[C@@H]3C4=CN5CC(C4)CC3C5)c2)cn1. The normalized spacial score (nSPS) is 28.1. The summed E-state index contributed by atoms with van der Waals surface area (Å²) in [6.45, 7) is 2.38. The van der Waals surface area contributed by atoms with E-state index in [9.17, 15) is 0 Å². The first-order chi connectivity index (χ1) is 11.2. The molecule has 1 saturated carbocycles. The van der Waals surface area contributed by atoms with Gasteiger partial charge in [-0.1, -0.05) is 0 Å². The highest BCUT2D eigenvalue weighted by Crippen LogP contribution is 2.44. The summed E-state index contributed by atoms with van der Waals surface area (Å²) in [5, 5.41) is 4.23. The van der Waals surface area contributed by atoms with Crippen molar-refractivity contribution in [3.05, 3.63) is 42.6 Å². The smallest absolute Gasteiger partial charge is 0.139 e. The van der Waals surface area contributed by atoms with E-state index in [1.54, 1.807) is 4.68 Å². The molecule has 5 heteroatoms. The minimum atomic E-state index is 0.230. The second kappa shape index (κ2) is 4.85. The van der Waals surface area contributed by atoms with Crippen molar-refractivity contribution in [3.8, 4) is 16.9 Å². The van der Waals surface area contributed by atoms with Gasteiger partial charge in [0, 0.05) is 55.8 Å². The molecule has 0 radical (unpaired) electrons. The maximum Gasteiger partial charge on any atom is 0.139 e. The van der Waals surface area contributed by atoms with E-state index in [4.69, 9.17) is 4.74 Å². The van der Waals surface area contributed by atoms with Crippen LogP contribution < -0.4 is 4.74 Å². The van der Waals surface area contributed by atoms with Crippen molar-refractivity contribution in [2.75, 3.05) is 13.1 Å². The standard InChI is InChI=1S/C18H20N4O/c1-21-9-16(6-20-21)13-4-17(7-19-5-13)23-18-14-2-12-3-15(18)11-22(8-12)10-14/h4-7,9-10,12,15,18H,2-3,8,11H2,1H3/t12?,15?,18-/m1/s1. The molecule has 3 aliphatic heterocycles. The van der Waals surface area contributed by atoms with Gasteiger partial charge in [0.15, 0.2) is 0 Å². The maximum atomic E-state index is 6.38. The summed E-state index contributed by atoms with van der Waals surface area (Å²) in [7, 11) is 1.92. The summed E-state index contributed by atoms with van der Waals surface area (Å²) in [6, 6.07) is 2.08. The van der Waals surface area contributed by atoms with Crippen LogP contribution in [0.4, 0.5) is 0 Å². The Hall–Kier alpha value is -2.30. The van der Waals surface area contributed by atoms with Crippen LogP contribution in [-0.4, -0.2) is 38.9 Å². The number of aromatic nitrogens is 3. The van der Waals surface area contributed by atoms with E-state index < -0.39 is 0 Å². The van der Waals surface area contributed by atoms with Gasteiger partial charge in [0.25, 0.3) is 0 Å². The van der Waals surface area contributed by atoms with Crippen LogP contribution in [0.15, 0.2) is 42.6 Å². The molecular weight excluding hydrogens is 288 g/mol. The van der Waals surface area contributed by atoms with Gasteiger partial charge in [-0.3, -0.25) is 9.67 Å². The Kier molecular flexibility index (Phi) is 2.77. The lowest BCUT2D eigenvalue weighted by Gasteiger charge is -2.50. The van der Waals surface area contributed by atoms with Crippen molar-refractivity contribution in [1.29, 1.82) is 0 Å². The predicted octanol–water partition coefficient (Wildman–Crippen LogP) is 2.47. The van der Waals surface area contributed by atoms with Crippen molar-refractivity contribution in [2.24, 2.45) is 18.9 Å². The summed E-state index contributed by atoms with van der Waals surface area (Å²) >= 11 is 0. The third-order valence-electron chi connectivity index (χ3n) is 5.28. The first-order valence-corrected chi connectivity index (χ1v) is 8.30. The fourth-order valence-electron chi connectivity index (χ4n) is 4.40. The largest absolute Gasteiger partial charge is 0.484 e.